The zero-order chi connectivity index (χ0) is 40.5. The van der Waals surface area contributed by atoms with Crippen molar-refractivity contribution >= 4 is 55.0 Å². The minimum Gasteiger partial charge on any atom is -0.493 e. The van der Waals surface area contributed by atoms with Gasteiger partial charge in [0.2, 0.25) is 0 Å². The fourth-order valence-electron chi connectivity index (χ4n) is 7.14. The Morgan fingerprint density at radius 1 is 0.702 bits per heavy atom. The Labute approximate surface area is 340 Å². The largest absolute Gasteiger partial charge is 0.493 e. The molecule has 4 aromatic heterocycles. The monoisotopic (exact) mass is 808 g/mol. The highest BCUT2D eigenvalue weighted by molar-refractivity contribution is 7.19. The first-order valence-corrected chi connectivity index (χ1v) is 20.8. The second kappa shape index (κ2) is 16.5. The second-order valence-electron chi connectivity index (χ2n) is 16.0. The van der Waals surface area contributed by atoms with Gasteiger partial charge in [0, 0.05) is 34.3 Å². The molecule has 12 heteroatoms. The number of carboxylic acid groups (broad SMARTS) is 1. The quantitative estimate of drug-likeness (QED) is 0.149. The number of fused-ring (bicyclic) bond motifs is 4. The summed E-state index contributed by atoms with van der Waals surface area (Å²) in [4.78, 5) is 37.0. The summed E-state index contributed by atoms with van der Waals surface area (Å²) in [6, 6.07) is 20.2. The summed E-state index contributed by atoms with van der Waals surface area (Å²) in [5.74, 6) is 0.447. The lowest BCUT2D eigenvalue weighted by Crippen LogP contribution is -2.28. The van der Waals surface area contributed by atoms with Crippen molar-refractivity contribution in [3.05, 3.63) is 93.9 Å². The first kappa shape index (κ1) is 40.3. The van der Waals surface area contributed by atoms with E-state index in [9.17, 15) is 14.7 Å². The topological polar surface area (TPSA) is 126 Å². The number of methoxy groups -OCH3 is 1. The van der Waals surface area contributed by atoms with Crippen LogP contribution in [0.3, 0.4) is 0 Å². The molecule has 2 aromatic carbocycles. The molecule has 0 aliphatic carbocycles. The molecule has 0 spiro atoms. The molecule has 0 radical (unpaired) electrons. The number of carbonyl (C=O) groups is 2. The van der Waals surface area contributed by atoms with Crippen LogP contribution >= 0.6 is 22.7 Å². The summed E-state index contributed by atoms with van der Waals surface area (Å²) < 4.78 is 28.7. The van der Waals surface area contributed by atoms with Crippen LogP contribution in [0.25, 0.3) is 42.7 Å². The minimum atomic E-state index is -1.05. The van der Waals surface area contributed by atoms with Gasteiger partial charge in [0.25, 0.3) is 0 Å². The number of ether oxygens (including phenoxy) is 5. The Morgan fingerprint density at radius 3 is 1.60 bits per heavy atom. The van der Waals surface area contributed by atoms with Crippen molar-refractivity contribution in [2.24, 2.45) is 0 Å². The van der Waals surface area contributed by atoms with Crippen molar-refractivity contribution in [3.8, 4) is 33.8 Å². The SMILES string of the molecule is CC(C)(C)OC(C(=O)O)c1sc2ncccc2c1-c1ccc2c(c1)CCCO2.COC(=O)C(OC(C)(C)C)c1sc2ncccc2c1-c1ccc2c(c1)CCCO2. The molecule has 0 bridgehead atoms. The van der Waals surface area contributed by atoms with E-state index in [0.717, 1.165) is 104 Å². The smallest absolute Gasteiger partial charge is 0.340 e. The maximum Gasteiger partial charge on any atom is 0.340 e. The van der Waals surface area contributed by atoms with Crippen LogP contribution in [0.2, 0.25) is 0 Å². The van der Waals surface area contributed by atoms with E-state index < -0.39 is 35.3 Å². The number of aliphatic carboxylic acids is 1. The van der Waals surface area contributed by atoms with E-state index in [1.165, 1.54) is 35.3 Å². The number of thiophene rings is 2. The molecule has 0 saturated carbocycles. The minimum absolute atomic E-state index is 0.408. The second-order valence-corrected chi connectivity index (χ2v) is 18.1. The predicted octanol–water partition coefficient (Wildman–Crippen LogP) is 10.5. The van der Waals surface area contributed by atoms with Crippen molar-refractivity contribution in [1.82, 2.24) is 9.97 Å². The molecule has 1 N–H and O–H groups in total. The molecule has 6 aromatic rings. The summed E-state index contributed by atoms with van der Waals surface area (Å²) in [6.07, 6.45) is 5.56. The molecule has 10 nitrogen and oxygen atoms in total. The van der Waals surface area contributed by atoms with Gasteiger partial charge in [-0.3, -0.25) is 0 Å². The van der Waals surface area contributed by atoms with Gasteiger partial charge in [-0.25, -0.2) is 19.6 Å². The van der Waals surface area contributed by atoms with E-state index >= 15 is 0 Å². The van der Waals surface area contributed by atoms with Gasteiger partial charge in [0.1, 0.15) is 21.2 Å². The highest BCUT2D eigenvalue weighted by Crippen LogP contribution is 2.46. The predicted molar refractivity (Wildman–Crippen MR) is 225 cm³/mol. The molecule has 2 atom stereocenters. The normalized spacial score (nSPS) is 15.0. The number of hydrogen-bond donors (Lipinski definition) is 1. The third-order valence-corrected chi connectivity index (χ3v) is 11.8. The summed E-state index contributed by atoms with van der Waals surface area (Å²) in [5.41, 5.74) is 5.12. The van der Waals surface area contributed by atoms with Gasteiger partial charge in [-0.1, -0.05) is 12.1 Å². The zero-order valence-corrected chi connectivity index (χ0v) is 35.0. The third kappa shape index (κ3) is 8.99. The molecule has 2 aliphatic rings. The van der Waals surface area contributed by atoms with Crippen LogP contribution in [-0.2, 0) is 36.6 Å². The number of carbonyl (C=O) groups excluding carboxylic acids is 1. The highest BCUT2D eigenvalue weighted by Gasteiger charge is 2.34. The van der Waals surface area contributed by atoms with E-state index in [1.807, 2.05) is 90.1 Å². The Balaban J connectivity index is 0.000000174. The fourth-order valence-corrected chi connectivity index (χ4v) is 9.51. The number of aromatic nitrogens is 2. The van der Waals surface area contributed by atoms with Crippen LogP contribution in [-0.4, -0.2) is 58.5 Å². The van der Waals surface area contributed by atoms with Crippen molar-refractivity contribution in [1.29, 1.82) is 0 Å². The number of carboxylic acids is 1. The van der Waals surface area contributed by atoms with Crippen molar-refractivity contribution in [2.45, 2.75) is 90.6 Å². The molecule has 6 heterocycles. The standard InChI is InChI=1S/C23H25NO4S.C22H23NO4S/c1-23(2,3)28-19(22(25)26-4)20-18(16-8-5-11-24-21(16)29-20)15-9-10-17-14(13-15)7-6-12-27-17;1-22(2,3)27-18(21(24)25)19-17(15-7-4-10-23-20(15)28-19)14-8-9-16-13(12-14)6-5-11-26-16/h5,8-11,13,19H,6-7,12H2,1-4H3;4,7-10,12,18H,5-6,11H2,1-3H3,(H,24,25). The van der Waals surface area contributed by atoms with Gasteiger partial charge in [-0.15, -0.1) is 22.7 Å². The summed E-state index contributed by atoms with van der Waals surface area (Å²) in [7, 11) is 1.39. The molecule has 57 heavy (non-hydrogen) atoms. The molecule has 0 amide bonds. The van der Waals surface area contributed by atoms with Crippen LogP contribution in [0, 0.1) is 0 Å². The summed E-state index contributed by atoms with van der Waals surface area (Å²) in [5, 5.41) is 11.9. The van der Waals surface area contributed by atoms with Gasteiger partial charge >= 0.3 is 11.9 Å². The Morgan fingerprint density at radius 2 is 1.16 bits per heavy atom. The zero-order valence-electron chi connectivity index (χ0n) is 33.3. The number of pyridine rings is 2. The summed E-state index contributed by atoms with van der Waals surface area (Å²) >= 11 is 2.87. The lowest BCUT2D eigenvalue weighted by Gasteiger charge is -2.26. The van der Waals surface area contributed by atoms with Crippen LogP contribution in [0.15, 0.2) is 73.1 Å². The van der Waals surface area contributed by atoms with Crippen LogP contribution < -0.4 is 9.47 Å². The van der Waals surface area contributed by atoms with Crippen molar-refractivity contribution in [2.75, 3.05) is 20.3 Å². The van der Waals surface area contributed by atoms with Crippen LogP contribution in [0.5, 0.6) is 11.5 Å². The van der Waals surface area contributed by atoms with Crippen molar-refractivity contribution in [3.63, 3.8) is 0 Å². The van der Waals surface area contributed by atoms with E-state index in [-0.39, 0.29) is 0 Å². The number of aryl methyl sites for hydroxylation is 2. The van der Waals surface area contributed by atoms with Gasteiger partial charge in [-0.05, 0) is 138 Å². The molecule has 2 unspecified atom stereocenters. The molecule has 0 fully saturated rings. The molecule has 8 rings (SSSR count). The number of hydrogen-bond acceptors (Lipinski definition) is 11. The Bertz CT molecular complexity index is 2420. The maximum atomic E-state index is 12.7. The van der Waals surface area contributed by atoms with E-state index in [2.05, 4.69) is 22.1 Å². The third-order valence-electron chi connectivity index (χ3n) is 9.44. The highest BCUT2D eigenvalue weighted by atomic mass is 32.1. The lowest BCUT2D eigenvalue weighted by atomic mass is 9.96. The average Bonchev–Trinajstić information content (AvgIpc) is 3.77. The van der Waals surface area contributed by atoms with Gasteiger partial charge < -0.3 is 28.8 Å². The van der Waals surface area contributed by atoms with E-state index in [1.54, 1.807) is 12.4 Å². The molecule has 0 saturated heterocycles. The average molecular weight is 809 g/mol. The van der Waals surface area contributed by atoms with Gasteiger partial charge in [0.05, 0.1) is 41.3 Å². The maximum absolute atomic E-state index is 12.7. The number of esters is 1. The Kier molecular flexibility index (Phi) is 11.7. The first-order valence-electron chi connectivity index (χ1n) is 19.1. The Hall–Kier alpha value is -4.88. The first-order chi connectivity index (χ1) is 27.2. The molecule has 2 aliphatic heterocycles. The number of rotatable bonds is 8. The number of nitrogens with zero attached hydrogens (tertiary/aromatic N) is 2. The van der Waals surface area contributed by atoms with Crippen LogP contribution in [0.1, 0.15) is 87.5 Å². The van der Waals surface area contributed by atoms with E-state index in [4.69, 9.17) is 23.7 Å². The molecule has 298 valence electrons. The lowest BCUT2D eigenvalue weighted by molar-refractivity contribution is -0.163. The van der Waals surface area contributed by atoms with Gasteiger partial charge in [-0.2, -0.15) is 0 Å². The number of benzene rings is 2. The van der Waals surface area contributed by atoms with Crippen LogP contribution in [0.4, 0.5) is 0 Å². The van der Waals surface area contributed by atoms with Crippen molar-refractivity contribution < 1.29 is 38.4 Å². The molecular weight excluding hydrogens is 761 g/mol. The molecular formula is C45H48N2O8S2. The van der Waals surface area contributed by atoms with Gasteiger partial charge in [0.15, 0.2) is 12.2 Å². The fraction of sp³-hybridized carbons (Fsp3) is 0.378. The summed E-state index contributed by atoms with van der Waals surface area (Å²) in [6.45, 7) is 12.9. The van der Waals surface area contributed by atoms with E-state index in [0.29, 0.717) is 4.88 Å².